The van der Waals surface area contributed by atoms with Crippen LogP contribution in [0.1, 0.15) is 42.5 Å². The molecule has 0 spiro atoms. The zero-order valence-electron chi connectivity index (χ0n) is 13.6. The van der Waals surface area contributed by atoms with Crippen molar-refractivity contribution >= 4 is 18.3 Å². The highest BCUT2D eigenvalue weighted by Gasteiger charge is 2.39. The van der Waals surface area contributed by atoms with Gasteiger partial charge in [-0.05, 0) is 50.3 Å². The topological polar surface area (TPSA) is 64.4 Å². The highest BCUT2D eigenvalue weighted by atomic mass is 35.5. The first kappa shape index (κ1) is 18.9. The van der Waals surface area contributed by atoms with Crippen LogP contribution in [-0.2, 0) is 9.53 Å². The van der Waals surface area contributed by atoms with E-state index in [1.807, 2.05) is 13.0 Å². The maximum Gasteiger partial charge on any atom is 0.228 e. The largest absolute Gasteiger partial charge is 0.381 e. The summed E-state index contributed by atoms with van der Waals surface area (Å²) in [5.74, 6) is 0.0571. The van der Waals surface area contributed by atoms with Crippen LogP contribution in [0, 0.1) is 19.3 Å². The van der Waals surface area contributed by atoms with Gasteiger partial charge in [0.25, 0.3) is 0 Å². The van der Waals surface area contributed by atoms with E-state index in [2.05, 4.69) is 31.3 Å². The molecule has 1 fully saturated rings. The summed E-state index contributed by atoms with van der Waals surface area (Å²) in [5.41, 5.74) is 9.07. The highest BCUT2D eigenvalue weighted by Crippen LogP contribution is 2.31. The second-order valence-electron chi connectivity index (χ2n) is 6.08. The minimum Gasteiger partial charge on any atom is -0.381 e. The minimum atomic E-state index is -0.468. The third-order valence-corrected chi connectivity index (χ3v) is 4.78. The molecule has 124 valence electrons. The molecule has 2 rings (SSSR count). The molecule has 3 N–H and O–H groups in total. The van der Waals surface area contributed by atoms with E-state index < -0.39 is 5.41 Å². The van der Waals surface area contributed by atoms with E-state index in [0.717, 1.165) is 0 Å². The Balaban J connectivity index is 0.00000242. The Hall–Kier alpha value is -1.10. The van der Waals surface area contributed by atoms with Crippen molar-refractivity contribution in [3.05, 3.63) is 34.9 Å². The van der Waals surface area contributed by atoms with Crippen molar-refractivity contribution in [3.8, 4) is 0 Å². The lowest BCUT2D eigenvalue weighted by atomic mass is 9.79. The summed E-state index contributed by atoms with van der Waals surface area (Å²) in [5, 5.41) is 3.15. The Kier molecular flexibility index (Phi) is 6.85. The predicted molar refractivity (Wildman–Crippen MR) is 91.3 cm³/mol. The van der Waals surface area contributed by atoms with Crippen LogP contribution >= 0.6 is 12.4 Å². The van der Waals surface area contributed by atoms with E-state index in [-0.39, 0.29) is 24.4 Å². The molecule has 1 heterocycles. The number of ether oxygens (including phenoxy) is 1. The van der Waals surface area contributed by atoms with E-state index in [0.29, 0.717) is 32.6 Å². The van der Waals surface area contributed by atoms with Crippen LogP contribution in [0.25, 0.3) is 0 Å². The summed E-state index contributed by atoms with van der Waals surface area (Å²) in [6.45, 7) is 7.82. The molecule has 1 atom stereocenters. The molecule has 0 aliphatic carbocycles. The van der Waals surface area contributed by atoms with E-state index >= 15 is 0 Å². The molecule has 1 aromatic rings. The summed E-state index contributed by atoms with van der Waals surface area (Å²) < 4.78 is 5.37. The molecule has 0 radical (unpaired) electrons. The van der Waals surface area contributed by atoms with Gasteiger partial charge in [-0.15, -0.1) is 12.4 Å². The second kappa shape index (κ2) is 7.95. The maximum absolute atomic E-state index is 12.7. The number of halogens is 1. The number of carbonyl (C=O) groups excluding carboxylic acids is 1. The van der Waals surface area contributed by atoms with E-state index in [4.69, 9.17) is 10.5 Å². The second-order valence-corrected chi connectivity index (χ2v) is 6.08. The molecular formula is C17H27ClN2O2. The number of benzene rings is 1. The van der Waals surface area contributed by atoms with Gasteiger partial charge in [0.15, 0.2) is 0 Å². The third kappa shape index (κ3) is 3.80. The van der Waals surface area contributed by atoms with Gasteiger partial charge in [-0.3, -0.25) is 4.79 Å². The Morgan fingerprint density at radius 3 is 2.59 bits per heavy atom. The fraction of sp³-hybridized carbons (Fsp3) is 0.588. The summed E-state index contributed by atoms with van der Waals surface area (Å²) in [7, 11) is 0. The molecule has 4 nitrogen and oxygen atoms in total. The van der Waals surface area contributed by atoms with Crippen LogP contribution in [-0.4, -0.2) is 25.7 Å². The van der Waals surface area contributed by atoms with Crippen LogP contribution < -0.4 is 11.1 Å². The standard InChI is InChI=1S/C17H26N2O2.ClH/c1-12-5-4-6-15(13(12)2)14(3)19-16(20)17(11-18)7-9-21-10-8-17;/h4-6,14H,7-11,18H2,1-3H3,(H,19,20);1H. The number of nitrogens with two attached hydrogens (primary N) is 1. The fourth-order valence-corrected chi connectivity index (χ4v) is 2.96. The Morgan fingerprint density at radius 2 is 2.00 bits per heavy atom. The fourth-order valence-electron chi connectivity index (χ4n) is 2.96. The lowest BCUT2D eigenvalue weighted by Crippen LogP contribution is -2.49. The van der Waals surface area contributed by atoms with Gasteiger partial charge in [0.2, 0.25) is 5.91 Å². The summed E-state index contributed by atoms with van der Waals surface area (Å²) in [6, 6.07) is 6.19. The smallest absolute Gasteiger partial charge is 0.228 e. The van der Waals surface area contributed by atoms with E-state index in [1.54, 1.807) is 0 Å². The van der Waals surface area contributed by atoms with Crippen LogP contribution in [0.15, 0.2) is 18.2 Å². The maximum atomic E-state index is 12.7. The van der Waals surface area contributed by atoms with Crippen molar-refractivity contribution in [2.45, 2.75) is 39.7 Å². The number of amides is 1. The van der Waals surface area contributed by atoms with Crippen molar-refractivity contribution in [1.82, 2.24) is 5.32 Å². The van der Waals surface area contributed by atoms with Crippen LogP contribution in [0.4, 0.5) is 0 Å². The zero-order chi connectivity index (χ0) is 15.5. The Labute approximate surface area is 139 Å². The molecule has 5 heteroatoms. The molecule has 0 bridgehead atoms. The predicted octanol–water partition coefficient (Wildman–Crippen LogP) is 2.66. The van der Waals surface area contributed by atoms with Crippen molar-refractivity contribution in [1.29, 1.82) is 0 Å². The van der Waals surface area contributed by atoms with Gasteiger partial charge in [-0.1, -0.05) is 18.2 Å². The minimum absolute atomic E-state index is 0. The van der Waals surface area contributed by atoms with Gasteiger partial charge in [-0.25, -0.2) is 0 Å². The molecule has 1 amide bonds. The summed E-state index contributed by atoms with van der Waals surface area (Å²) in [4.78, 5) is 12.7. The van der Waals surface area contributed by atoms with Crippen molar-refractivity contribution in [2.24, 2.45) is 11.1 Å². The van der Waals surface area contributed by atoms with Crippen LogP contribution in [0.5, 0.6) is 0 Å². The third-order valence-electron chi connectivity index (χ3n) is 4.78. The lowest BCUT2D eigenvalue weighted by Gasteiger charge is -2.35. The van der Waals surface area contributed by atoms with Crippen molar-refractivity contribution < 1.29 is 9.53 Å². The molecule has 1 aromatic carbocycles. The first-order valence-corrected chi connectivity index (χ1v) is 7.65. The number of rotatable bonds is 4. The van der Waals surface area contributed by atoms with Gasteiger partial charge in [0, 0.05) is 19.8 Å². The van der Waals surface area contributed by atoms with Crippen LogP contribution in [0.2, 0.25) is 0 Å². The molecule has 1 unspecified atom stereocenters. The number of carbonyl (C=O) groups is 1. The van der Waals surface area contributed by atoms with Crippen molar-refractivity contribution in [3.63, 3.8) is 0 Å². The Bertz CT molecular complexity index is 513. The van der Waals surface area contributed by atoms with Gasteiger partial charge < -0.3 is 15.8 Å². The van der Waals surface area contributed by atoms with Gasteiger partial charge in [-0.2, -0.15) is 0 Å². The molecule has 0 saturated carbocycles. The number of hydrogen-bond donors (Lipinski definition) is 2. The highest BCUT2D eigenvalue weighted by molar-refractivity contribution is 5.85. The number of nitrogens with one attached hydrogen (secondary N) is 1. The molecule has 1 aliphatic rings. The molecule has 22 heavy (non-hydrogen) atoms. The summed E-state index contributed by atoms with van der Waals surface area (Å²) in [6.07, 6.45) is 1.41. The average Bonchev–Trinajstić information content (AvgIpc) is 2.50. The summed E-state index contributed by atoms with van der Waals surface area (Å²) >= 11 is 0. The quantitative estimate of drug-likeness (QED) is 0.894. The molecule has 0 aromatic heterocycles. The van der Waals surface area contributed by atoms with Gasteiger partial charge in [0.05, 0.1) is 11.5 Å². The van der Waals surface area contributed by atoms with Gasteiger partial charge >= 0.3 is 0 Å². The van der Waals surface area contributed by atoms with E-state index in [9.17, 15) is 4.79 Å². The normalized spacial score (nSPS) is 18.2. The first-order chi connectivity index (χ1) is 10.00. The van der Waals surface area contributed by atoms with E-state index in [1.165, 1.54) is 16.7 Å². The van der Waals surface area contributed by atoms with Gasteiger partial charge in [0.1, 0.15) is 0 Å². The SMILES string of the molecule is Cc1cccc(C(C)NC(=O)C2(CN)CCOCC2)c1C.Cl. The lowest BCUT2D eigenvalue weighted by molar-refractivity contribution is -0.136. The van der Waals surface area contributed by atoms with Crippen LogP contribution in [0.3, 0.4) is 0 Å². The Morgan fingerprint density at radius 1 is 1.36 bits per heavy atom. The number of aryl methyl sites for hydroxylation is 1. The monoisotopic (exact) mass is 326 g/mol. The first-order valence-electron chi connectivity index (χ1n) is 7.65. The molecular weight excluding hydrogens is 300 g/mol. The van der Waals surface area contributed by atoms with Crippen molar-refractivity contribution in [2.75, 3.05) is 19.8 Å². The average molecular weight is 327 g/mol. The zero-order valence-corrected chi connectivity index (χ0v) is 14.5. The molecule has 1 aliphatic heterocycles. The molecule has 1 saturated heterocycles. The number of hydrogen-bond acceptors (Lipinski definition) is 3.